The molecule has 1 unspecified atom stereocenters. The van der Waals surface area contributed by atoms with Crippen molar-refractivity contribution in [1.29, 1.82) is 0 Å². The predicted octanol–water partition coefficient (Wildman–Crippen LogP) is 2.00. The largest absolute Gasteiger partial charge is 0.358 e. The summed E-state index contributed by atoms with van der Waals surface area (Å²) in [4.78, 5) is 20.0. The van der Waals surface area contributed by atoms with Gasteiger partial charge < -0.3 is 14.8 Å². The molecule has 138 valence electrons. The molecule has 0 spiro atoms. The van der Waals surface area contributed by atoms with Gasteiger partial charge in [0.2, 0.25) is 0 Å². The molecule has 1 aromatic heterocycles. The third-order valence-corrected chi connectivity index (χ3v) is 6.19. The number of hydrogen-bond donors (Lipinski definition) is 2. The Kier molecular flexibility index (Phi) is 4.01. The van der Waals surface area contributed by atoms with Crippen LogP contribution < -0.4 is 4.90 Å². The smallest absolute Gasteiger partial charge is 0.278 e. The van der Waals surface area contributed by atoms with Crippen molar-refractivity contribution in [2.75, 3.05) is 19.6 Å². The monoisotopic (exact) mass is 360 g/mol. The van der Waals surface area contributed by atoms with E-state index in [0.717, 1.165) is 39.0 Å². The first kappa shape index (κ1) is 16.6. The number of aromatic amines is 1. The molecule has 1 amide bonds. The summed E-state index contributed by atoms with van der Waals surface area (Å²) in [6.45, 7) is 6.30. The molecule has 0 aliphatic carbocycles. The minimum atomic E-state index is 0.289. The number of amides is 1. The highest BCUT2D eigenvalue weighted by atomic mass is 16.2. The molecule has 0 saturated carbocycles. The zero-order chi connectivity index (χ0) is 18.4. The maximum Gasteiger partial charge on any atom is 0.278 e. The number of H-pyrrole nitrogens is 1. The number of aryl methyl sites for hydroxylation is 1. The molecule has 4 nitrogen and oxygen atoms in total. The van der Waals surface area contributed by atoms with Crippen LogP contribution in [0.15, 0.2) is 42.5 Å². The van der Waals surface area contributed by atoms with Crippen LogP contribution in [0.1, 0.15) is 27.9 Å². The second-order valence-electron chi connectivity index (χ2n) is 8.07. The van der Waals surface area contributed by atoms with Gasteiger partial charge in [-0.1, -0.05) is 35.9 Å². The number of hydrogen-bond acceptors (Lipinski definition) is 1. The quantitative estimate of drug-likeness (QED) is 0.721. The summed E-state index contributed by atoms with van der Waals surface area (Å²) in [7, 11) is 0. The van der Waals surface area contributed by atoms with E-state index in [-0.39, 0.29) is 5.91 Å². The van der Waals surface area contributed by atoms with Gasteiger partial charge >= 0.3 is 0 Å². The van der Waals surface area contributed by atoms with Crippen LogP contribution in [0.5, 0.6) is 0 Å². The molecule has 2 aliphatic rings. The number of carbonyl (C=O) groups is 1. The zero-order valence-corrected chi connectivity index (χ0v) is 15.8. The lowest BCUT2D eigenvalue weighted by atomic mass is 10.00. The van der Waals surface area contributed by atoms with E-state index in [4.69, 9.17) is 0 Å². The summed E-state index contributed by atoms with van der Waals surface area (Å²) in [5.41, 5.74) is 7.93. The van der Waals surface area contributed by atoms with Gasteiger partial charge in [0, 0.05) is 53.7 Å². The molecular weight excluding hydrogens is 334 g/mol. The van der Waals surface area contributed by atoms with E-state index in [2.05, 4.69) is 59.3 Å². The van der Waals surface area contributed by atoms with Gasteiger partial charge in [0.15, 0.2) is 6.54 Å². The van der Waals surface area contributed by atoms with Crippen molar-refractivity contribution < 1.29 is 9.69 Å². The Balaban J connectivity index is 1.31. The Labute approximate surface area is 159 Å². The summed E-state index contributed by atoms with van der Waals surface area (Å²) in [6, 6.07) is 15.2. The lowest BCUT2D eigenvalue weighted by Gasteiger charge is -2.30. The third kappa shape index (κ3) is 3.04. The number of rotatable bonds is 2. The molecule has 1 atom stereocenters. The Bertz CT molecular complexity index is 1020. The van der Waals surface area contributed by atoms with Gasteiger partial charge in [0.1, 0.15) is 6.54 Å². The lowest BCUT2D eigenvalue weighted by Crippen LogP contribution is -3.12. The molecule has 3 heterocycles. The average Bonchev–Trinajstić information content (AvgIpc) is 3.05. The van der Waals surface area contributed by atoms with Gasteiger partial charge in [0.05, 0.1) is 6.54 Å². The Morgan fingerprint density at radius 3 is 2.89 bits per heavy atom. The summed E-state index contributed by atoms with van der Waals surface area (Å²) >= 11 is 0. The summed E-state index contributed by atoms with van der Waals surface area (Å²) in [5, 5.41) is 1.28. The van der Waals surface area contributed by atoms with E-state index < -0.39 is 0 Å². The van der Waals surface area contributed by atoms with E-state index in [1.807, 2.05) is 0 Å². The molecule has 2 N–H and O–H groups in total. The van der Waals surface area contributed by atoms with E-state index in [0.29, 0.717) is 6.54 Å². The molecule has 3 aromatic rings. The molecule has 0 saturated heterocycles. The van der Waals surface area contributed by atoms with Gasteiger partial charge in [0.25, 0.3) is 5.91 Å². The lowest BCUT2D eigenvalue weighted by molar-refractivity contribution is -0.908. The van der Waals surface area contributed by atoms with Crippen molar-refractivity contribution in [3.8, 4) is 0 Å². The molecular formula is C23H26N3O+. The maximum absolute atomic E-state index is 13.0. The minimum Gasteiger partial charge on any atom is -0.358 e. The SMILES string of the molecule is Cc1ccc2[nH]c3c(c2c1)CN(C(=O)C[NH+]1CCc2ccccc2C1)CC3. The maximum atomic E-state index is 13.0. The zero-order valence-electron chi connectivity index (χ0n) is 15.8. The van der Waals surface area contributed by atoms with Gasteiger partial charge in [-0.05, 0) is 24.6 Å². The van der Waals surface area contributed by atoms with Crippen LogP contribution in [0.2, 0.25) is 0 Å². The molecule has 27 heavy (non-hydrogen) atoms. The van der Waals surface area contributed by atoms with E-state index >= 15 is 0 Å². The summed E-state index contributed by atoms with van der Waals surface area (Å²) in [6.07, 6.45) is 2.00. The van der Waals surface area contributed by atoms with Crippen molar-refractivity contribution in [2.24, 2.45) is 0 Å². The van der Waals surface area contributed by atoms with Crippen molar-refractivity contribution in [2.45, 2.75) is 32.9 Å². The van der Waals surface area contributed by atoms with Gasteiger partial charge in [-0.2, -0.15) is 0 Å². The first-order valence-corrected chi connectivity index (χ1v) is 9.95. The molecule has 0 bridgehead atoms. The highest BCUT2D eigenvalue weighted by molar-refractivity contribution is 5.86. The Morgan fingerprint density at radius 2 is 2.00 bits per heavy atom. The van der Waals surface area contributed by atoms with Crippen LogP contribution in [-0.4, -0.2) is 35.4 Å². The third-order valence-electron chi connectivity index (χ3n) is 6.19. The van der Waals surface area contributed by atoms with Crippen LogP contribution in [0.25, 0.3) is 10.9 Å². The highest BCUT2D eigenvalue weighted by Crippen LogP contribution is 2.28. The normalized spacial score (nSPS) is 19.0. The fraction of sp³-hybridized carbons (Fsp3) is 0.348. The molecule has 2 aliphatic heterocycles. The second kappa shape index (κ2) is 6.54. The predicted molar refractivity (Wildman–Crippen MR) is 107 cm³/mol. The van der Waals surface area contributed by atoms with Gasteiger partial charge in [-0.25, -0.2) is 0 Å². The number of fused-ring (bicyclic) bond motifs is 4. The minimum absolute atomic E-state index is 0.289. The van der Waals surface area contributed by atoms with Crippen molar-refractivity contribution in [3.63, 3.8) is 0 Å². The van der Waals surface area contributed by atoms with E-state index in [1.54, 1.807) is 0 Å². The first-order chi connectivity index (χ1) is 13.2. The molecule has 5 rings (SSSR count). The molecule has 4 heteroatoms. The molecule has 0 radical (unpaired) electrons. The number of nitrogens with zero attached hydrogens (tertiary/aromatic N) is 1. The first-order valence-electron chi connectivity index (χ1n) is 9.95. The Hall–Kier alpha value is -2.59. The van der Waals surface area contributed by atoms with E-state index in [1.165, 1.54) is 43.8 Å². The molecule has 2 aromatic carbocycles. The standard InChI is InChI=1S/C23H25N3O/c1-16-6-7-21-19(12-16)20-14-26(11-9-22(20)24-21)23(27)15-25-10-8-17-4-2-3-5-18(17)13-25/h2-7,12,24H,8-11,13-15H2,1H3/p+1. The van der Waals surface area contributed by atoms with E-state index in [9.17, 15) is 4.79 Å². The number of aromatic nitrogens is 1. The van der Waals surface area contributed by atoms with Crippen LogP contribution in [0.4, 0.5) is 0 Å². The fourth-order valence-corrected chi connectivity index (χ4v) is 4.66. The van der Waals surface area contributed by atoms with Crippen LogP contribution >= 0.6 is 0 Å². The van der Waals surface area contributed by atoms with Gasteiger partial charge in [-0.15, -0.1) is 0 Å². The number of carbonyl (C=O) groups excluding carboxylic acids is 1. The van der Waals surface area contributed by atoms with Crippen molar-refractivity contribution >= 4 is 16.8 Å². The number of benzene rings is 2. The fourth-order valence-electron chi connectivity index (χ4n) is 4.66. The topological polar surface area (TPSA) is 40.5 Å². The summed E-state index contributed by atoms with van der Waals surface area (Å²) < 4.78 is 0. The second-order valence-corrected chi connectivity index (χ2v) is 8.07. The van der Waals surface area contributed by atoms with Crippen LogP contribution in [0.3, 0.4) is 0 Å². The average molecular weight is 360 g/mol. The van der Waals surface area contributed by atoms with Gasteiger partial charge in [-0.3, -0.25) is 4.79 Å². The number of nitrogens with one attached hydrogen (secondary N) is 2. The highest BCUT2D eigenvalue weighted by Gasteiger charge is 2.28. The van der Waals surface area contributed by atoms with Crippen molar-refractivity contribution in [1.82, 2.24) is 9.88 Å². The van der Waals surface area contributed by atoms with Crippen LogP contribution in [0, 0.1) is 6.92 Å². The Morgan fingerprint density at radius 1 is 1.15 bits per heavy atom. The summed E-state index contributed by atoms with van der Waals surface area (Å²) in [5.74, 6) is 0.289. The van der Waals surface area contributed by atoms with Crippen molar-refractivity contribution in [3.05, 3.63) is 70.4 Å². The number of quaternary nitrogens is 1. The van der Waals surface area contributed by atoms with Crippen LogP contribution in [-0.2, 0) is 30.7 Å². The molecule has 0 fully saturated rings.